The molecule has 0 atom stereocenters. The van der Waals surface area contributed by atoms with Gasteiger partial charge in [0.25, 0.3) is 6.43 Å². The van der Waals surface area contributed by atoms with Crippen LogP contribution in [-0.2, 0) is 5.60 Å². The Labute approximate surface area is 90.7 Å². The van der Waals surface area contributed by atoms with Crippen LogP contribution in [0.2, 0.25) is 0 Å². The lowest BCUT2D eigenvalue weighted by atomic mass is 10.1. The number of alkyl halides is 2. The molecule has 0 aliphatic heterocycles. The van der Waals surface area contributed by atoms with Crippen molar-refractivity contribution in [2.24, 2.45) is 0 Å². The predicted octanol–water partition coefficient (Wildman–Crippen LogP) is 2.99. The van der Waals surface area contributed by atoms with Crippen LogP contribution in [0.5, 0.6) is 0 Å². The summed E-state index contributed by atoms with van der Waals surface area (Å²) in [7, 11) is 0. The summed E-state index contributed by atoms with van der Waals surface area (Å²) in [5.74, 6) is 0.119. The van der Waals surface area contributed by atoms with Gasteiger partial charge in [-0.2, -0.15) is 0 Å². The molecule has 0 saturated carbocycles. The van der Waals surface area contributed by atoms with E-state index in [4.69, 9.17) is 4.42 Å². The second-order valence-electron chi connectivity index (χ2n) is 4.11. The molecule has 2 rings (SSSR count). The van der Waals surface area contributed by atoms with Gasteiger partial charge in [0.05, 0.1) is 0 Å². The van der Waals surface area contributed by atoms with Crippen molar-refractivity contribution in [1.29, 1.82) is 0 Å². The summed E-state index contributed by atoms with van der Waals surface area (Å²) in [5.41, 5.74) is -0.608. The number of aliphatic hydroxyl groups is 1. The maximum Gasteiger partial charge on any atom is 0.263 e. The number of benzene rings is 1. The second kappa shape index (κ2) is 3.52. The minimum atomic E-state index is -2.54. The van der Waals surface area contributed by atoms with Crippen LogP contribution in [0.25, 0.3) is 11.1 Å². The fourth-order valence-electron chi connectivity index (χ4n) is 1.34. The standard InChI is InChI=1S/C11H11F2NO2/c1-11(2,15)10-14-7-5-6(9(12)13)3-4-8(7)16-10/h3-5,9,15H,1-2H3. The Morgan fingerprint density at radius 2 is 2.06 bits per heavy atom. The topological polar surface area (TPSA) is 46.3 Å². The van der Waals surface area contributed by atoms with Crippen molar-refractivity contribution in [3.8, 4) is 0 Å². The highest BCUT2D eigenvalue weighted by atomic mass is 19.3. The third-order valence-corrected chi connectivity index (χ3v) is 2.19. The molecular formula is C11H11F2NO2. The van der Waals surface area contributed by atoms with Gasteiger partial charge in [-0.05, 0) is 32.0 Å². The summed E-state index contributed by atoms with van der Waals surface area (Å²) in [4.78, 5) is 3.98. The van der Waals surface area contributed by atoms with E-state index in [9.17, 15) is 13.9 Å². The first-order valence-electron chi connectivity index (χ1n) is 4.79. The van der Waals surface area contributed by atoms with Crippen molar-refractivity contribution in [2.75, 3.05) is 0 Å². The van der Waals surface area contributed by atoms with Gasteiger partial charge in [-0.15, -0.1) is 0 Å². The Kier molecular flexibility index (Phi) is 2.42. The molecule has 0 saturated heterocycles. The van der Waals surface area contributed by atoms with Crippen molar-refractivity contribution < 1.29 is 18.3 Å². The van der Waals surface area contributed by atoms with Crippen LogP contribution in [0.3, 0.4) is 0 Å². The fraction of sp³-hybridized carbons (Fsp3) is 0.364. The molecule has 5 heteroatoms. The first kappa shape index (κ1) is 11.0. The Morgan fingerprint density at radius 1 is 1.38 bits per heavy atom. The summed E-state index contributed by atoms with van der Waals surface area (Å²) in [5, 5.41) is 9.66. The zero-order chi connectivity index (χ0) is 11.9. The summed E-state index contributed by atoms with van der Waals surface area (Å²) in [6.45, 7) is 3.04. The molecule has 16 heavy (non-hydrogen) atoms. The summed E-state index contributed by atoms with van der Waals surface area (Å²) in [6, 6.07) is 3.98. The maximum atomic E-state index is 12.4. The van der Waals surface area contributed by atoms with E-state index in [2.05, 4.69) is 4.98 Å². The highest BCUT2D eigenvalue weighted by molar-refractivity contribution is 5.73. The van der Waals surface area contributed by atoms with E-state index in [1.165, 1.54) is 32.0 Å². The number of oxazole rings is 1. The van der Waals surface area contributed by atoms with Crippen molar-refractivity contribution in [1.82, 2.24) is 4.98 Å². The smallest absolute Gasteiger partial charge is 0.263 e. The van der Waals surface area contributed by atoms with Crippen LogP contribution in [0, 0.1) is 0 Å². The molecule has 0 aliphatic carbocycles. The zero-order valence-corrected chi connectivity index (χ0v) is 8.87. The number of halogens is 2. The van der Waals surface area contributed by atoms with E-state index in [1.54, 1.807) is 0 Å². The van der Waals surface area contributed by atoms with Gasteiger partial charge in [0.2, 0.25) is 5.89 Å². The van der Waals surface area contributed by atoms with E-state index in [-0.39, 0.29) is 11.5 Å². The molecule has 0 aliphatic rings. The van der Waals surface area contributed by atoms with Crippen LogP contribution in [0.4, 0.5) is 8.78 Å². The van der Waals surface area contributed by atoms with E-state index in [0.29, 0.717) is 11.1 Å². The van der Waals surface area contributed by atoms with Gasteiger partial charge >= 0.3 is 0 Å². The predicted molar refractivity (Wildman–Crippen MR) is 54.2 cm³/mol. The van der Waals surface area contributed by atoms with Crippen molar-refractivity contribution >= 4 is 11.1 Å². The van der Waals surface area contributed by atoms with E-state index in [0.717, 1.165) is 0 Å². The van der Waals surface area contributed by atoms with Crippen LogP contribution >= 0.6 is 0 Å². The molecule has 1 N–H and O–H groups in total. The molecule has 0 bridgehead atoms. The van der Waals surface area contributed by atoms with Gasteiger partial charge in [-0.1, -0.05) is 0 Å². The Balaban J connectivity index is 2.54. The highest BCUT2D eigenvalue weighted by Crippen LogP contribution is 2.27. The van der Waals surface area contributed by atoms with Gasteiger partial charge in [-0.25, -0.2) is 13.8 Å². The highest BCUT2D eigenvalue weighted by Gasteiger charge is 2.23. The fourth-order valence-corrected chi connectivity index (χ4v) is 1.34. The van der Waals surface area contributed by atoms with Gasteiger partial charge in [0.1, 0.15) is 11.1 Å². The lowest BCUT2D eigenvalue weighted by Crippen LogP contribution is -2.15. The molecular weight excluding hydrogens is 216 g/mol. The van der Waals surface area contributed by atoms with Crippen molar-refractivity contribution in [3.05, 3.63) is 29.7 Å². The SMILES string of the molecule is CC(C)(O)c1nc2cc(C(F)F)ccc2o1. The lowest BCUT2D eigenvalue weighted by Gasteiger charge is -2.10. The molecule has 1 heterocycles. The molecule has 2 aromatic rings. The second-order valence-corrected chi connectivity index (χ2v) is 4.11. The third kappa shape index (κ3) is 1.90. The van der Waals surface area contributed by atoms with E-state index in [1.807, 2.05) is 0 Å². The monoisotopic (exact) mass is 227 g/mol. The van der Waals surface area contributed by atoms with Crippen LogP contribution in [0.15, 0.2) is 22.6 Å². The summed E-state index contributed by atoms with van der Waals surface area (Å²) in [6.07, 6.45) is -2.54. The molecule has 1 aromatic heterocycles. The molecule has 0 amide bonds. The van der Waals surface area contributed by atoms with Crippen LogP contribution in [0.1, 0.15) is 31.7 Å². The molecule has 0 radical (unpaired) electrons. The first-order chi connectivity index (χ1) is 7.38. The average Bonchev–Trinajstić information content (AvgIpc) is 2.58. The number of rotatable bonds is 2. The lowest BCUT2D eigenvalue weighted by molar-refractivity contribution is 0.0501. The number of hydrogen-bond donors (Lipinski definition) is 1. The average molecular weight is 227 g/mol. The number of aromatic nitrogens is 1. The van der Waals surface area contributed by atoms with Gasteiger partial charge < -0.3 is 9.52 Å². The van der Waals surface area contributed by atoms with Gasteiger partial charge in [0, 0.05) is 5.56 Å². The summed E-state index contributed by atoms with van der Waals surface area (Å²) >= 11 is 0. The first-order valence-corrected chi connectivity index (χ1v) is 4.79. The Morgan fingerprint density at radius 3 is 2.62 bits per heavy atom. The number of hydrogen-bond acceptors (Lipinski definition) is 3. The van der Waals surface area contributed by atoms with E-state index >= 15 is 0 Å². The van der Waals surface area contributed by atoms with Crippen molar-refractivity contribution in [3.63, 3.8) is 0 Å². The molecule has 0 fully saturated rings. The minimum Gasteiger partial charge on any atom is -0.438 e. The normalized spacial score (nSPS) is 12.6. The van der Waals surface area contributed by atoms with E-state index < -0.39 is 12.0 Å². The quantitative estimate of drug-likeness (QED) is 0.857. The Bertz CT molecular complexity index is 514. The van der Waals surface area contributed by atoms with Gasteiger partial charge in [0.15, 0.2) is 5.58 Å². The Hall–Kier alpha value is -1.49. The molecule has 0 spiro atoms. The maximum absolute atomic E-state index is 12.4. The van der Waals surface area contributed by atoms with Gasteiger partial charge in [-0.3, -0.25) is 0 Å². The van der Waals surface area contributed by atoms with Crippen LogP contribution < -0.4 is 0 Å². The minimum absolute atomic E-state index is 0.108. The molecule has 86 valence electrons. The third-order valence-electron chi connectivity index (χ3n) is 2.19. The van der Waals surface area contributed by atoms with Crippen LogP contribution in [-0.4, -0.2) is 10.1 Å². The summed E-state index contributed by atoms with van der Waals surface area (Å²) < 4.78 is 30.1. The molecule has 0 unspecified atom stereocenters. The van der Waals surface area contributed by atoms with Crippen molar-refractivity contribution in [2.45, 2.75) is 25.9 Å². The largest absolute Gasteiger partial charge is 0.438 e. The number of nitrogens with zero attached hydrogens (tertiary/aromatic N) is 1. The molecule has 3 nitrogen and oxygen atoms in total. The molecule has 1 aromatic carbocycles. The number of fused-ring (bicyclic) bond motifs is 1. The zero-order valence-electron chi connectivity index (χ0n) is 8.87.